The smallest absolute Gasteiger partial charge is 0.224 e. The van der Waals surface area contributed by atoms with E-state index in [0.29, 0.717) is 23.6 Å². The first-order valence-electron chi connectivity index (χ1n) is 6.43. The lowest BCUT2D eigenvalue weighted by atomic mass is 10.2. The number of benzene rings is 1. The highest BCUT2D eigenvalue weighted by Crippen LogP contribution is 2.29. The molecule has 0 atom stereocenters. The lowest BCUT2D eigenvalue weighted by Gasteiger charge is -2.11. The van der Waals surface area contributed by atoms with Gasteiger partial charge in [0.25, 0.3) is 0 Å². The summed E-state index contributed by atoms with van der Waals surface area (Å²) in [5.74, 6) is 1.28. The summed E-state index contributed by atoms with van der Waals surface area (Å²) in [6.45, 7) is 3.82. The van der Waals surface area contributed by atoms with Crippen molar-refractivity contribution in [3.63, 3.8) is 0 Å². The van der Waals surface area contributed by atoms with Crippen LogP contribution >= 0.6 is 0 Å². The molecule has 0 aliphatic carbocycles. The molecule has 5 nitrogen and oxygen atoms in total. The normalized spacial score (nSPS) is 10.1. The van der Waals surface area contributed by atoms with Gasteiger partial charge in [0.05, 0.1) is 19.9 Å². The van der Waals surface area contributed by atoms with Crippen molar-refractivity contribution in [3.8, 4) is 11.5 Å². The van der Waals surface area contributed by atoms with Crippen molar-refractivity contribution in [2.24, 2.45) is 0 Å². The van der Waals surface area contributed by atoms with Gasteiger partial charge in [-0.1, -0.05) is 6.92 Å². The van der Waals surface area contributed by atoms with E-state index in [2.05, 4.69) is 10.6 Å². The summed E-state index contributed by atoms with van der Waals surface area (Å²) in [5, 5.41) is 6.03. The Morgan fingerprint density at radius 2 is 2.05 bits per heavy atom. The number of carbonyl (C=O) groups excluding carboxylic acids is 1. The summed E-state index contributed by atoms with van der Waals surface area (Å²) in [6, 6.07) is 5.31. The topological polar surface area (TPSA) is 59.6 Å². The third kappa shape index (κ3) is 5.18. The van der Waals surface area contributed by atoms with Gasteiger partial charge in [0, 0.05) is 12.5 Å². The molecule has 0 aliphatic rings. The van der Waals surface area contributed by atoms with Crippen LogP contribution in [0.15, 0.2) is 18.2 Å². The highest BCUT2D eigenvalue weighted by molar-refractivity contribution is 5.92. The van der Waals surface area contributed by atoms with E-state index in [9.17, 15) is 4.79 Å². The van der Waals surface area contributed by atoms with Gasteiger partial charge in [0.1, 0.15) is 11.5 Å². The molecular formula is C14H22N2O3. The zero-order chi connectivity index (χ0) is 14.1. The monoisotopic (exact) mass is 266 g/mol. The average Bonchev–Trinajstić information content (AvgIpc) is 2.44. The summed E-state index contributed by atoms with van der Waals surface area (Å²) in [7, 11) is 3.16. The Kier molecular flexibility index (Phi) is 6.74. The zero-order valence-corrected chi connectivity index (χ0v) is 11.8. The van der Waals surface area contributed by atoms with Gasteiger partial charge in [0.2, 0.25) is 5.91 Å². The van der Waals surface area contributed by atoms with E-state index in [4.69, 9.17) is 9.47 Å². The molecule has 0 spiro atoms. The molecule has 0 bridgehead atoms. The van der Waals surface area contributed by atoms with Gasteiger partial charge < -0.3 is 20.1 Å². The highest BCUT2D eigenvalue weighted by Gasteiger charge is 2.08. The second-order valence-electron chi connectivity index (χ2n) is 4.07. The van der Waals surface area contributed by atoms with Crippen LogP contribution in [0.2, 0.25) is 0 Å². The van der Waals surface area contributed by atoms with Crippen molar-refractivity contribution in [2.75, 3.05) is 32.6 Å². The number of nitrogens with one attached hydrogen (secondary N) is 2. The van der Waals surface area contributed by atoms with Gasteiger partial charge in [-0.15, -0.1) is 0 Å². The van der Waals surface area contributed by atoms with Crippen LogP contribution in [-0.4, -0.2) is 33.2 Å². The molecule has 19 heavy (non-hydrogen) atoms. The van der Waals surface area contributed by atoms with E-state index in [1.165, 1.54) is 0 Å². The molecule has 0 fully saturated rings. The van der Waals surface area contributed by atoms with Crippen LogP contribution in [0, 0.1) is 0 Å². The number of methoxy groups -OCH3 is 2. The Bertz CT molecular complexity index is 408. The first-order valence-corrected chi connectivity index (χ1v) is 6.43. The van der Waals surface area contributed by atoms with E-state index in [1.54, 1.807) is 32.4 Å². The molecule has 0 unspecified atom stereocenters. The first-order chi connectivity index (χ1) is 9.21. The molecular weight excluding hydrogens is 244 g/mol. The van der Waals surface area contributed by atoms with E-state index >= 15 is 0 Å². The number of amides is 1. The molecule has 0 aliphatic heterocycles. The van der Waals surface area contributed by atoms with Gasteiger partial charge in [-0.3, -0.25) is 4.79 Å². The molecule has 0 saturated carbocycles. The first kappa shape index (κ1) is 15.3. The molecule has 1 aromatic rings. The van der Waals surface area contributed by atoms with Gasteiger partial charge >= 0.3 is 0 Å². The highest BCUT2D eigenvalue weighted by atomic mass is 16.5. The van der Waals surface area contributed by atoms with E-state index in [0.717, 1.165) is 19.5 Å². The summed E-state index contributed by atoms with van der Waals surface area (Å²) >= 11 is 0. The second-order valence-corrected chi connectivity index (χ2v) is 4.07. The van der Waals surface area contributed by atoms with Crippen molar-refractivity contribution in [1.29, 1.82) is 0 Å². The van der Waals surface area contributed by atoms with E-state index < -0.39 is 0 Å². The van der Waals surface area contributed by atoms with Gasteiger partial charge in [-0.25, -0.2) is 0 Å². The fraction of sp³-hybridized carbons (Fsp3) is 0.500. The van der Waals surface area contributed by atoms with Crippen molar-refractivity contribution >= 4 is 11.6 Å². The van der Waals surface area contributed by atoms with Crippen LogP contribution in [0.3, 0.4) is 0 Å². The van der Waals surface area contributed by atoms with Gasteiger partial charge in [0.15, 0.2) is 0 Å². The number of rotatable bonds is 8. The van der Waals surface area contributed by atoms with E-state index in [-0.39, 0.29) is 5.91 Å². The number of ether oxygens (including phenoxy) is 2. The minimum atomic E-state index is -0.0126. The van der Waals surface area contributed by atoms with Crippen LogP contribution in [0.4, 0.5) is 5.69 Å². The molecule has 5 heteroatoms. The third-order valence-corrected chi connectivity index (χ3v) is 2.69. The SMILES string of the molecule is CCNCCCC(=O)Nc1ccc(OC)cc1OC. The van der Waals surface area contributed by atoms with Gasteiger partial charge in [-0.2, -0.15) is 0 Å². The third-order valence-electron chi connectivity index (χ3n) is 2.69. The Hall–Kier alpha value is -1.75. The molecule has 1 aromatic carbocycles. The minimum Gasteiger partial charge on any atom is -0.497 e. The average molecular weight is 266 g/mol. The van der Waals surface area contributed by atoms with E-state index in [1.807, 2.05) is 6.92 Å². The predicted molar refractivity (Wildman–Crippen MR) is 76.0 cm³/mol. The molecule has 106 valence electrons. The summed E-state index contributed by atoms with van der Waals surface area (Å²) in [5.41, 5.74) is 0.664. The minimum absolute atomic E-state index is 0.0126. The second kappa shape index (κ2) is 8.37. The van der Waals surface area contributed by atoms with Crippen molar-refractivity contribution in [1.82, 2.24) is 5.32 Å². The molecule has 0 heterocycles. The van der Waals surface area contributed by atoms with Crippen LogP contribution < -0.4 is 20.1 Å². The van der Waals surface area contributed by atoms with Crippen LogP contribution in [0.5, 0.6) is 11.5 Å². The Labute approximate surface area is 114 Å². The molecule has 2 N–H and O–H groups in total. The lowest BCUT2D eigenvalue weighted by Crippen LogP contribution is -2.18. The molecule has 0 radical (unpaired) electrons. The van der Waals surface area contributed by atoms with Crippen LogP contribution in [-0.2, 0) is 4.79 Å². The number of hydrogen-bond acceptors (Lipinski definition) is 4. The lowest BCUT2D eigenvalue weighted by molar-refractivity contribution is -0.116. The maximum Gasteiger partial charge on any atom is 0.224 e. The zero-order valence-electron chi connectivity index (χ0n) is 11.8. The summed E-state index contributed by atoms with van der Waals surface area (Å²) in [6.07, 6.45) is 1.31. The largest absolute Gasteiger partial charge is 0.497 e. The predicted octanol–water partition coefficient (Wildman–Crippen LogP) is 2.03. The summed E-state index contributed by atoms with van der Waals surface area (Å²) < 4.78 is 10.3. The maximum atomic E-state index is 11.8. The number of carbonyl (C=O) groups is 1. The Morgan fingerprint density at radius 3 is 2.68 bits per heavy atom. The molecule has 0 aromatic heterocycles. The summed E-state index contributed by atoms with van der Waals surface area (Å²) in [4.78, 5) is 11.8. The Balaban J connectivity index is 2.53. The quantitative estimate of drug-likeness (QED) is 0.707. The van der Waals surface area contributed by atoms with Crippen LogP contribution in [0.25, 0.3) is 0 Å². The molecule has 1 amide bonds. The van der Waals surface area contributed by atoms with Crippen molar-refractivity contribution in [2.45, 2.75) is 19.8 Å². The standard InChI is InChI=1S/C14H22N2O3/c1-4-15-9-5-6-14(17)16-12-8-7-11(18-2)10-13(12)19-3/h7-8,10,15H,4-6,9H2,1-3H3,(H,16,17). The fourth-order valence-corrected chi connectivity index (χ4v) is 1.67. The molecule has 1 rings (SSSR count). The number of hydrogen-bond donors (Lipinski definition) is 2. The van der Waals surface area contributed by atoms with Crippen LogP contribution in [0.1, 0.15) is 19.8 Å². The maximum absolute atomic E-state index is 11.8. The molecule has 0 saturated heterocycles. The fourth-order valence-electron chi connectivity index (χ4n) is 1.67. The van der Waals surface area contributed by atoms with Crippen molar-refractivity contribution in [3.05, 3.63) is 18.2 Å². The Morgan fingerprint density at radius 1 is 1.26 bits per heavy atom. The number of anilines is 1. The van der Waals surface area contributed by atoms with Crippen molar-refractivity contribution < 1.29 is 14.3 Å². The van der Waals surface area contributed by atoms with Gasteiger partial charge in [-0.05, 0) is 31.6 Å².